The molecule has 0 unspecified atom stereocenters. The van der Waals surface area contributed by atoms with Crippen LogP contribution in [0.3, 0.4) is 0 Å². The van der Waals surface area contributed by atoms with Gasteiger partial charge in [0.25, 0.3) is 0 Å². The third kappa shape index (κ3) is 2.34. The fourth-order valence-electron chi connectivity index (χ4n) is 2.60. The number of benzene rings is 1. The Morgan fingerprint density at radius 1 is 1.40 bits per heavy atom. The van der Waals surface area contributed by atoms with Crippen molar-refractivity contribution in [2.75, 3.05) is 18.1 Å². The minimum Gasteiger partial charge on any atom is -0.368 e. The molecule has 0 atom stereocenters. The second kappa shape index (κ2) is 5.34. The minimum atomic E-state index is 0.333. The quantitative estimate of drug-likeness (QED) is 0.927. The van der Waals surface area contributed by atoms with Gasteiger partial charge in [0.1, 0.15) is 11.9 Å². The van der Waals surface area contributed by atoms with Gasteiger partial charge >= 0.3 is 0 Å². The van der Waals surface area contributed by atoms with Crippen LogP contribution < -0.4 is 5.32 Å². The first-order valence-electron chi connectivity index (χ1n) is 6.85. The van der Waals surface area contributed by atoms with Gasteiger partial charge in [-0.15, -0.1) is 0 Å². The minimum absolute atomic E-state index is 0.333. The van der Waals surface area contributed by atoms with Gasteiger partial charge in [-0.3, -0.25) is 0 Å². The van der Waals surface area contributed by atoms with Crippen molar-refractivity contribution in [3.05, 3.63) is 35.9 Å². The zero-order valence-corrected chi connectivity index (χ0v) is 12.3. The standard InChI is InChI=1S/C16H17N3S/c1-20-16(7-4-8-16)11-18-15-13(10-17)9-12-5-2-3-6-14(12)19-15/h2-3,5-6,9H,4,7-8,11H2,1H3,(H,18,19). The number of nitriles is 1. The third-order valence-electron chi connectivity index (χ3n) is 4.12. The van der Waals surface area contributed by atoms with Crippen LogP contribution in [-0.2, 0) is 0 Å². The van der Waals surface area contributed by atoms with Crippen molar-refractivity contribution in [3.8, 4) is 6.07 Å². The highest BCUT2D eigenvalue weighted by Gasteiger charge is 2.36. The van der Waals surface area contributed by atoms with E-state index in [0.717, 1.165) is 17.4 Å². The molecule has 1 aliphatic rings. The first kappa shape index (κ1) is 13.3. The van der Waals surface area contributed by atoms with Gasteiger partial charge in [-0.2, -0.15) is 17.0 Å². The first-order chi connectivity index (χ1) is 9.76. The predicted octanol–water partition coefficient (Wildman–Crippen LogP) is 3.80. The number of rotatable bonds is 4. The fourth-order valence-corrected chi connectivity index (χ4v) is 3.52. The van der Waals surface area contributed by atoms with Gasteiger partial charge < -0.3 is 5.32 Å². The Labute approximate surface area is 123 Å². The summed E-state index contributed by atoms with van der Waals surface area (Å²) in [5, 5.41) is 13.7. The Morgan fingerprint density at radius 2 is 2.20 bits per heavy atom. The largest absolute Gasteiger partial charge is 0.368 e. The van der Waals surface area contributed by atoms with Crippen LogP contribution in [0.25, 0.3) is 10.9 Å². The average Bonchev–Trinajstić information content (AvgIpc) is 2.45. The molecule has 1 aliphatic carbocycles. The summed E-state index contributed by atoms with van der Waals surface area (Å²) in [6.45, 7) is 0.883. The van der Waals surface area contributed by atoms with Crippen LogP contribution in [0.1, 0.15) is 24.8 Å². The molecule has 1 N–H and O–H groups in total. The third-order valence-corrected chi connectivity index (χ3v) is 5.54. The van der Waals surface area contributed by atoms with Crippen molar-refractivity contribution in [1.82, 2.24) is 4.98 Å². The lowest BCUT2D eigenvalue weighted by molar-refractivity contribution is 0.379. The molecule has 0 spiro atoms. The van der Waals surface area contributed by atoms with Gasteiger partial charge in [0.05, 0.1) is 11.1 Å². The second-order valence-electron chi connectivity index (χ2n) is 5.28. The Hall–Kier alpha value is -1.73. The summed E-state index contributed by atoms with van der Waals surface area (Å²) in [6.07, 6.45) is 5.96. The normalized spacial score (nSPS) is 16.4. The lowest BCUT2D eigenvalue weighted by atomic mass is 9.84. The van der Waals surface area contributed by atoms with E-state index in [4.69, 9.17) is 0 Å². The zero-order chi connectivity index (χ0) is 14.0. The number of fused-ring (bicyclic) bond motifs is 1. The molecule has 0 aliphatic heterocycles. The maximum atomic E-state index is 9.30. The SMILES string of the molecule is CSC1(CNc2nc3ccccc3cc2C#N)CCC1. The molecule has 0 saturated heterocycles. The zero-order valence-electron chi connectivity index (χ0n) is 11.5. The molecule has 3 nitrogen and oxygen atoms in total. The Kier molecular flexibility index (Phi) is 3.54. The van der Waals surface area contributed by atoms with Crippen LogP contribution >= 0.6 is 11.8 Å². The van der Waals surface area contributed by atoms with E-state index in [1.54, 1.807) is 0 Å². The summed E-state index contributed by atoms with van der Waals surface area (Å²) in [7, 11) is 0. The van der Waals surface area contributed by atoms with Crippen LogP contribution in [0.2, 0.25) is 0 Å². The lowest BCUT2D eigenvalue weighted by Gasteiger charge is -2.40. The van der Waals surface area contributed by atoms with Crippen LogP contribution in [0, 0.1) is 11.3 Å². The number of aromatic nitrogens is 1. The highest BCUT2D eigenvalue weighted by atomic mass is 32.2. The van der Waals surface area contributed by atoms with Crippen molar-refractivity contribution in [2.45, 2.75) is 24.0 Å². The number of pyridine rings is 1. The summed E-state index contributed by atoms with van der Waals surface area (Å²) in [6, 6.07) is 12.1. The number of hydrogen-bond donors (Lipinski definition) is 1. The van der Waals surface area contributed by atoms with E-state index in [2.05, 4.69) is 22.6 Å². The summed E-state index contributed by atoms with van der Waals surface area (Å²) >= 11 is 1.92. The van der Waals surface area contributed by atoms with Gasteiger partial charge in [0.2, 0.25) is 0 Å². The topological polar surface area (TPSA) is 48.7 Å². The second-order valence-corrected chi connectivity index (χ2v) is 6.56. The van der Waals surface area contributed by atoms with Crippen LogP contribution in [0.5, 0.6) is 0 Å². The maximum absolute atomic E-state index is 9.30. The maximum Gasteiger partial charge on any atom is 0.144 e. The molecule has 1 fully saturated rings. The summed E-state index contributed by atoms with van der Waals surface area (Å²) in [5.41, 5.74) is 1.56. The van der Waals surface area contributed by atoms with Crippen LogP contribution in [-0.4, -0.2) is 22.5 Å². The number of nitrogens with zero attached hydrogens (tertiary/aromatic N) is 2. The Bertz CT molecular complexity index is 665. The molecule has 1 aromatic carbocycles. The van der Waals surface area contributed by atoms with Crippen molar-refractivity contribution < 1.29 is 0 Å². The molecule has 3 rings (SSSR count). The van der Waals surface area contributed by atoms with E-state index in [0.29, 0.717) is 16.1 Å². The number of thioether (sulfide) groups is 1. The van der Waals surface area contributed by atoms with E-state index < -0.39 is 0 Å². The number of hydrogen-bond acceptors (Lipinski definition) is 4. The van der Waals surface area contributed by atoms with Gasteiger partial charge in [0.15, 0.2) is 0 Å². The highest BCUT2D eigenvalue weighted by Crippen LogP contribution is 2.42. The van der Waals surface area contributed by atoms with Gasteiger partial charge in [-0.25, -0.2) is 4.98 Å². The Balaban J connectivity index is 1.88. The molecular formula is C16H17N3S. The predicted molar refractivity (Wildman–Crippen MR) is 85.0 cm³/mol. The molecule has 0 radical (unpaired) electrons. The van der Waals surface area contributed by atoms with E-state index in [1.807, 2.05) is 42.1 Å². The molecule has 20 heavy (non-hydrogen) atoms. The highest BCUT2D eigenvalue weighted by molar-refractivity contribution is 8.00. The van der Waals surface area contributed by atoms with Crippen molar-refractivity contribution in [3.63, 3.8) is 0 Å². The monoisotopic (exact) mass is 283 g/mol. The van der Waals surface area contributed by atoms with Gasteiger partial charge in [-0.05, 0) is 31.2 Å². The summed E-state index contributed by atoms with van der Waals surface area (Å²) in [5.74, 6) is 0.714. The summed E-state index contributed by atoms with van der Waals surface area (Å²) in [4.78, 5) is 4.60. The van der Waals surface area contributed by atoms with E-state index in [9.17, 15) is 5.26 Å². The van der Waals surface area contributed by atoms with Crippen molar-refractivity contribution in [2.24, 2.45) is 0 Å². The van der Waals surface area contributed by atoms with Gasteiger partial charge in [-0.1, -0.05) is 24.6 Å². The van der Waals surface area contributed by atoms with Crippen molar-refractivity contribution in [1.29, 1.82) is 5.26 Å². The smallest absolute Gasteiger partial charge is 0.144 e. The Morgan fingerprint density at radius 3 is 2.85 bits per heavy atom. The molecule has 0 amide bonds. The van der Waals surface area contributed by atoms with Gasteiger partial charge in [0, 0.05) is 16.7 Å². The van der Waals surface area contributed by atoms with Crippen molar-refractivity contribution >= 4 is 28.5 Å². The molecule has 1 saturated carbocycles. The fraction of sp³-hybridized carbons (Fsp3) is 0.375. The molecule has 4 heteroatoms. The number of anilines is 1. The van der Waals surface area contributed by atoms with Crippen LogP contribution in [0.4, 0.5) is 5.82 Å². The number of para-hydroxylation sites is 1. The number of nitrogens with one attached hydrogen (secondary N) is 1. The molecular weight excluding hydrogens is 266 g/mol. The molecule has 1 heterocycles. The van der Waals surface area contributed by atoms with Crippen LogP contribution in [0.15, 0.2) is 30.3 Å². The molecule has 2 aromatic rings. The van der Waals surface area contributed by atoms with E-state index >= 15 is 0 Å². The first-order valence-corrected chi connectivity index (χ1v) is 8.08. The van der Waals surface area contributed by atoms with E-state index in [1.165, 1.54) is 19.3 Å². The van der Waals surface area contributed by atoms with E-state index in [-0.39, 0.29) is 0 Å². The summed E-state index contributed by atoms with van der Waals surface area (Å²) < 4.78 is 0.333. The molecule has 102 valence electrons. The lowest BCUT2D eigenvalue weighted by Crippen LogP contribution is -2.40. The average molecular weight is 283 g/mol. The molecule has 1 aromatic heterocycles. The molecule has 0 bridgehead atoms.